The Morgan fingerprint density at radius 2 is 1.62 bits per heavy atom. The van der Waals surface area contributed by atoms with E-state index in [1.54, 1.807) is 74.5 Å². The van der Waals surface area contributed by atoms with Gasteiger partial charge in [0.25, 0.3) is 0 Å². The Morgan fingerprint density at radius 1 is 1.00 bits per heavy atom. The molecule has 1 N–H and O–H groups in total. The molecule has 3 atom stereocenters. The number of hydrogen-bond acceptors (Lipinski definition) is 8. The van der Waals surface area contributed by atoms with Crippen molar-refractivity contribution in [1.82, 2.24) is 9.55 Å². The molecule has 2 aromatic carbocycles. The number of benzene rings is 2. The number of carbonyl (C=O) groups is 3. The van der Waals surface area contributed by atoms with Crippen molar-refractivity contribution < 1.29 is 28.6 Å². The highest BCUT2D eigenvalue weighted by Crippen LogP contribution is 2.31. The molecule has 4 rings (SSSR count). The third-order valence-corrected chi connectivity index (χ3v) is 5.75. The highest BCUT2D eigenvalue weighted by atomic mass is 16.6. The van der Waals surface area contributed by atoms with Crippen molar-refractivity contribution in [1.29, 1.82) is 0 Å². The van der Waals surface area contributed by atoms with Crippen LogP contribution >= 0.6 is 0 Å². The van der Waals surface area contributed by atoms with E-state index in [1.165, 1.54) is 16.8 Å². The smallest absolute Gasteiger partial charge is 0.351 e. The zero-order valence-electron chi connectivity index (χ0n) is 20.4. The Balaban J connectivity index is 1.50. The first-order valence-corrected chi connectivity index (χ1v) is 11.9. The van der Waals surface area contributed by atoms with Crippen LogP contribution in [0.15, 0.2) is 77.7 Å². The summed E-state index contributed by atoms with van der Waals surface area (Å²) in [6, 6.07) is 18.4. The fourth-order valence-corrected chi connectivity index (χ4v) is 3.71. The van der Waals surface area contributed by atoms with Gasteiger partial charge in [0.05, 0.1) is 11.1 Å². The van der Waals surface area contributed by atoms with E-state index in [2.05, 4.69) is 10.3 Å². The molecule has 2 heterocycles. The number of nitrogens with one attached hydrogen (secondary N) is 1. The molecule has 1 aromatic heterocycles. The van der Waals surface area contributed by atoms with E-state index in [9.17, 15) is 19.2 Å². The van der Waals surface area contributed by atoms with E-state index < -0.39 is 36.1 Å². The van der Waals surface area contributed by atoms with Gasteiger partial charge in [-0.25, -0.2) is 14.4 Å². The average molecular weight is 506 g/mol. The summed E-state index contributed by atoms with van der Waals surface area (Å²) < 4.78 is 18.4. The van der Waals surface area contributed by atoms with Crippen molar-refractivity contribution in [3.05, 3.63) is 94.5 Å². The predicted molar refractivity (Wildman–Crippen MR) is 133 cm³/mol. The first-order chi connectivity index (χ1) is 17.8. The first-order valence-electron chi connectivity index (χ1n) is 11.9. The van der Waals surface area contributed by atoms with Crippen LogP contribution in [0, 0.1) is 5.92 Å². The molecule has 0 radical (unpaired) electrons. The lowest BCUT2D eigenvalue weighted by atomic mass is 10.1. The summed E-state index contributed by atoms with van der Waals surface area (Å²) in [6.45, 7) is 3.26. The molecule has 0 saturated carbocycles. The highest BCUT2D eigenvalue weighted by Gasteiger charge is 2.40. The highest BCUT2D eigenvalue weighted by molar-refractivity contribution is 5.91. The first kappa shape index (κ1) is 25.8. The number of aromatic nitrogens is 2. The van der Waals surface area contributed by atoms with Crippen LogP contribution in [0.2, 0.25) is 0 Å². The number of anilines is 1. The molecule has 0 bridgehead atoms. The van der Waals surface area contributed by atoms with Gasteiger partial charge in [0.2, 0.25) is 5.91 Å². The second-order valence-electron chi connectivity index (χ2n) is 8.79. The summed E-state index contributed by atoms with van der Waals surface area (Å²) in [6.07, 6.45) is -0.870. The quantitative estimate of drug-likeness (QED) is 0.463. The molecule has 1 aliphatic heterocycles. The lowest BCUT2D eigenvalue weighted by Gasteiger charge is -2.19. The SMILES string of the molecule is CC(C)C(=O)Nc1ccn([C@H]2C[C@H](OC(=O)c3ccccc3)[C@@H](COC(=O)c3ccccc3)O2)c(=O)n1. The fourth-order valence-electron chi connectivity index (χ4n) is 3.71. The number of esters is 2. The van der Waals surface area contributed by atoms with Crippen LogP contribution in [0.1, 0.15) is 47.2 Å². The van der Waals surface area contributed by atoms with Crippen LogP contribution < -0.4 is 11.0 Å². The lowest BCUT2D eigenvalue weighted by Crippen LogP contribution is -2.32. The van der Waals surface area contributed by atoms with Gasteiger partial charge in [0, 0.05) is 18.5 Å². The standard InChI is InChI=1S/C27H27N3O7/c1-17(2)24(31)28-22-13-14-30(27(34)29-22)23-15-20(37-26(33)19-11-7-4-8-12-19)21(36-23)16-35-25(32)18-9-5-3-6-10-18/h3-14,17,20-21,23H,15-16H2,1-2H3,(H,28,29,31,34)/t20-,21+,23+/m0/s1. The number of nitrogens with zero attached hydrogens (tertiary/aromatic N) is 2. The van der Waals surface area contributed by atoms with E-state index in [-0.39, 0.29) is 30.7 Å². The zero-order chi connectivity index (χ0) is 26.4. The molecule has 1 aliphatic rings. The minimum Gasteiger partial charge on any atom is -0.459 e. The Bertz CT molecular complexity index is 1310. The van der Waals surface area contributed by atoms with Gasteiger partial charge in [0.15, 0.2) is 0 Å². The van der Waals surface area contributed by atoms with Gasteiger partial charge >= 0.3 is 17.6 Å². The molecule has 0 unspecified atom stereocenters. The summed E-state index contributed by atoms with van der Waals surface area (Å²) >= 11 is 0. The third-order valence-electron chi connectivity index (χ3n) is 5.75. The molecule has 1 saturated heterocycles. The van der Waals surface area contributed by atoms with E-state index in [1.807, 2.05) is 0 Å². The topological polar surface area (TPSA) is 126 Å². The molecule has 0 aliphatic carbocycles. The molecule has 3 aromatic rings. The van der Waals surface area contributed by atoms with E-state index in [4.69, 9.17) is 14.2 Å². The van der Waals surface area contributed by atoms with Gasteiger partial charge in [-0.05, 0) is 30.3 Å². The molecule has 10 heteroatoms. The molecule has 0 spiro atoms. The summed E-state index contributed by atoms with van der Waals surface area (Å²) in [4.78, 5) is 53.7. The predicted octanol–water partition coefficient (Wildman–Crippen LogP) is 3.21. The number of carbonyl (C=O) groups excluding carboxylic acids is 3. The minimum atomic E-state index is -0.830. The molecule has 1 fully saturated rings. The zero-order valence-corrected chi connectivity index (χ0v) is 20.4. The van der Waals surface area contributed by atoms with Gasteiger partial charge in [-0.2, -0.15) is 4.98 Å². The van der Waals surface area contributed by atoms with Crippen LogP contribution in [0.25, 0.3) is 0 Å². The molecule has 10 nitrogen and oxygen atoms in total. The molecular weight excluding hydrogens is 478 g/mol. The van der Waals surface area contributed by atoms with Crippen molar-refractivity contribution in [2.75, 3.05) is 11.9 Å². The molecule has 37 heavy (non-hydrogen) atoms. The van der Waals surface area contributed by atoms with Crippen molar-refractivity contribution in [3.8, 4) is 0 Å². The third kappa shape index (κ3) is 6.47. The van der Waals surface area contributed by atoms with Gasteiger partial charge < -0.3 is 19.5 Å². The average Bonchev–Trinajstić information content (AvgIpc) is 3.30. The van der Waals surface area contributed by atoms with Crippen LogP contribution in [0.4, 0.5) is 5.82 Å². The van der Waals surface area contributed by atoms with Crippen LogP contribution in [0.5, 0.6) is 0 Å². The second kappa shape index (κ2) is 11.6. The largest absolute Gasteiger partial charge is 0.459 e. The van der Waals surface area contributed by atoms with Crippen molar-refractivity contribution in [3.63, 3.8) is 0 Å². The normalized spacial score (nSPS) is 18.8. The van der Waals surface area contributed by atoms with Crippen molar-refractivity contribution in [2.24, 2.45) is 5.92 Å². The van der Waals surface area contributed by atoms with Gasteiger partial charge in [-0.3, -0.25) is 9.36 Å². The van der Waals surface area contributed by atoms with Gasteiger partial charge in [0.1, 0.15) is 30.9 Å². The summed E-state index contributed by atoms with van der Waals surface area (Å²) in [5.41, 5.74) is 0.0750. The number of rotatable bonds is 8. The lowest BCUT2D eigenvalue weighted by molar-refractivity contribution is -0.118. The van der Waals surface area contributed by atoms with Crippen molar-refractivity contribution >= 4 is 23.7 Å². The molecule has 1 amide bonds. The van der Waals surface area contributed by atoms with Gasteiger partial charge in [-0.15, -0.1) is 0 Å². The van der Waals surface area contributed by atoms with Crippen LogP contribution in [-0.2, 0) is 19.0 Å². The number of amides is 1. The summed E-state index contributed by atoms with van der Waals surface area (Å²) in [5.74, 6) is -1.54. The van der Waals surface area contributed by atoms with E-state index >= 15 is 0 Å². The maximum atomic E-state index is 12.7. The Morgan fingerprint density at radius 3 is 2.22 bits per heavy atom. The van der Waals surface area contributed by atoms with Gasteiger partial charge in [-0.1, -0.05) is 50.2 Å². The maximum absolute atomic E-state index is 12.7. The minimum absolute atomic E-state index is 0.123. The van der Waals surface area contributed by atoms with Crippen molar-refractivity contribution in [2.45, 2.75) is 38.7 Å². The second-order valence-corrected chi connectivity index (χ2v) is 8.79. The summed E-state index contributed by atoms with van der Waals surface area (Å²) in [5, 5.41) is 2.58. The van der Waals surface area contributed by atoms with E-state index in [0.29, 0.717) is 11.1 Å². The maximum Gasteiger partial charge on any atom is 0.351 e. The Hall–Kier alpha value is -4.31. The van der Waals surface area contributed by atoms with Crippen LogP contribution in [-0.4, -0.2) is 46.2 Å². The van der Waals surface area contributed by atoms with E-state index in [0.717, 1.165) is 0 Å². The fraction of sp³-hybridized carbons (Fsp3) is 0.296. The molecular formula is C27H27N3O7. The van der Waals surface area contributed by atoms with Crippen LogP contribution in [0.3, 0.4) is 0 Å². The number of hydrogen-bond donors (Lipinski definition) is 1. The molecule has 192 valence electrons. The monoisotopic (exact) mass is 505 g/mol. The Labute approximate surface area is 213 Å². The summed E-state index contributed by atoms with van der Waals surface area (Å²) in [7, 11) is 0. The number of ether oxygens (including phenoxy) is 3. The Kier molecular flexibility index (Phi) is 8.09.